The Morgan fingerprint density at radius 3 is 2.19 bits per heavy atom. The molecular formula is C14H22N2O4S. The summed E-state index contributed by atoms with van der Waals surface area (Å²) in [5, 5.41) is 3.07. The number of nitrogens with zero attached hydrogens (tertiary/aromatic N) is 1. The molecule has 1 N–H and O–H groups in total. The highest BCUT2D eigenvalue weighted by atomic mass is 32.2. The lowest BCUT2D eigenvalue weighted by Gasteiger charge is -2.28. The maximum absolute atomic E-state index is 12.0. The summed E-state index contributed by atoms with van der Waals surface area (Å²) < 4.78 is 30.0. The van der Waals surface area contributed by atoms with E-state index in [1.165, 1.54) is 33.3 Å². The largest absolute Gasteiger partial charge is 0.467 e. The number of hydrogen-bond donors (Lipinski definition) is 1. The zero-order chi connectivity index (χ0) is 16.3. The first kappa shape index (κ1) is 17.6. The topological polar surface area (TPSA) is 75.7 Å². The van der Waals surface area contributed by atoms with Crippen LogP contribution in [0.5, 0.6) is 0 Å². The molecule has 0 fully saturated rings. The van der Waals surface area contributed by atoms with E-state index in [0.717, 1.165) is 4.31 Å². The molecule has 0 bridgehead atoms. The Morgan fingerprint density at radius 1 is 1.29 bits per heavy atom. The Bertz CT molecular complexity index is 596. The number of carbonyl (C=O) groups excluding carboxylic acids is 1. The van der Waals surface area contributed by atoms with Crippen molar-refractivity contribution in [1.29, 1.82) is 0 Å². The van der Waals surface area contributed by atoms with Gasteiger partial charge in [0.1, 0.15) is 5.54 Å². The van der Waals surface area contributed by atoms with Gasteiger partial charge < -0.3 is 4.74 Å². The summed E-state index contributed by atoms with van der Waals surface area (Å²) >= 11 is 0. The first-order valence-electron chi connectivity index (χ1n) is 6.56. The highest BCUT2D eigenvalue weighted by Gasteiger charge is 2.35. The normalized spacial score (nSPS) is 14.8. The first-order chi connectivity index (χ1) is 9.70. The second-order valence-electron chi connectivity index (χ2n) is 4.96. The molecule has 0 radical (unpaired) electrons. The summed E-state index contributed by atoms with van der Waals surface area (Å²) in [4.78, 5) is 12.2. The fourth-order valence-corrected chi connectivity index (χ4v) is 2.92. The van der Waals surface area contributed by atoms with Crippen molar-refractivity contribution in [2.75, 3.05) is 27.7 Å². The molecule has 1 atom stereocenters. The molecule has 0 saturated heterocycles. The zero-order valence-corrected chi connectivity index (χ0v) is 13.8. The van der Waals surface area contributed by atoms with Crippen LogP contribution >= 0.6 is 0 Å². The van der Waals surface area contributed by atoms with Crippen LogP contribution in [-0.2, 0) is 25.1 Å². The van der Waals surface area contributed by atoms with Crippen LogP contribution in [0.2, 0.25) is 0 Å². The minimum Gasteiger partial charge on any atom is -0.467 e. The van der Waals surface area contributed by atoms with Crippen LogP contribution in [0.4, 0.5) is 0 Å². The fourth-order valence-electron chi connectivity index (χ4n) is 2.02. The van der Waals surface area contributed by atoms with Crippen molar-refractivity contribution in [1.82, 2.24) is 9.62 Å². The molecule has 0 spiro atoms. The monoisotopic (exact) mass is 314 g/mol. The van der Waals surface area contributed by atoms with Crippen molar-refractivity contribution in [3.05, 3.63) is 29.8 Å². The molecule has 0 saturated carbocycles. The molecule has 1 unspecified atom stereocenters. The van der Waals surface area contributed by atoms with Crippen LogP contribution in [0.15, 0.2) is 29.2 Å². The molecule has 0 aliphatic heterocycles. The van der Waals surface area contributed by atoms with E-state index in [1.54, 1.807) is 19.1 Å². The van der Waals surface area contributed by atoms with Gasteiger partial charge in [-0.25, -0.2) is 17.5 Å². The van der Waals surface area contributed by atoms with Crippen molar-refractivity contribution < 1.29 is 17.9 Å². The van der Waals surface area contributed by atoms with Crippen LogP contribution in [0.25, 0.3) is 0 Å². The Kier molecular flexibility index (Phi) is 5.49. The molecule has 0 aromatic heterocycles. The molecule has 1 rings (SSSR count). The van der Waals surface area contributed by atoms with E-state index in [4.69, 9.17) is 4.74 Å². The van der Waals surface area contributed by atoms with E-state index in [-0.39, 0.29) is 4.90 Å². The molecule has 118 valence electrons. The number of ether oxygens (including phenoxy) is 1. The van der Waals surface area contributed by atoms with Gasteiger partial charge >= 0.3 is 5.97 Å². The second kappa shape index (κ2) is 6.55. The average molecular weight is 314 g/mol. The molecule has 0 aliphatic rings. The molecule has 6 nitrogen and oxygen atoms in total. The van der Waals surface area contributed by atoms with Gasteiger partial charge in [-0.3, -0.25) is 5.32 Å². The average Bonchev–Trinajstić information content (AvgIpc) is 2.46. The summed E-state index contributed by atoms with van der Waals surface area (Å²) in [6.07, 6.45) is 0. The van der Waals surface area contributed by atoms with Crippen molar-refractivity contribution in [2.24, 2.45) is 0 Å². The summed E-state index contributed by atoms with van der Waals surface area (Å²) in [5.74, 6) is -0.424. The minimum absolute atomic E-state index is 0.181. The number of likely N-dealkylation sites (N-methyl/N-ethyl adjacent to an activating group) is 1. The maximum atomic E-state index is 12.0. The van der Waals surface area contributed by atoms with Gasteiger partial charge in [-0.1, -0.05) is 19.1 Å². The SMILES string of the molecule is CCNC(C)(C(=O)OC)c1ccc(S(=O)(=O)N(C)C)cc1. The molecule has 1 aromatic rings. The molecule has 0 amide bonds. The Balaban J connectivity index is 3.24. The van der Waals surface area contributed by atoms with Crippen LogP contribution in [0, 0.1) is 0 Å². The number of nitrogens with one attached hydrogen (secondary N) is 1. The van der Waals surface area contributed by atoms with Gasteiger partial charge in [0.15, 0.2) is 0 Å². The number of benzene rings is 1. The smallest absolute Gasteiger partial charge is 0.330 e. The van der Waals surface area contributed by atoms with Crippen molar-refractivity contribution in [3.63, 3.8) is 0 Å². The van der Waals surface area contributed by atoms with Crippen LogP contribution in [-0.4, -0.2) is 46.4 Å². The highest BCUT2D eigenvalue weighted by Crippen LogP contribution is 2.24. The maximum Gasteiger partial charge on any atom is 0.330 e. The van der Waals surface area contributed by atoms with Gasteiger partial charge in [-0.05, 0) is 31.2 Å². The summed E-state index contributed by atoms with van der Waals surface area (Å²) in [5.41, 5.74) is -0.363. The lowest BCUT2D eigenvalue weighted by atomic mass is 9.92. The lowest BCUT2D eigenvalue weighted by molar-refractivity contribution is -0.148. The van der Waals surface area contributed by atoms with Crippen LogP contribution in [0.3, 0.4) is 0 Å². The minimum atomic E-state index is -3.48. The van der Waals surface area contributed by atoms with E-state index < -0.39 is 21.5 Å². The van der Waals surface area contributed by atoms with Crippen molar-refractivity contribution in [2.45, 2.75) is 24.3 Å². The quantitative estimate of drug-likeness (QED) is 0.791. The fraction of sp³-hybridized carbons (Fsp3) is 0.500. The van der Waals surface area contributed by atoms with Crippen LogP contribution in [0.1, 0.15) is 19.4 Å². The van der Waals surface area contributed by atoms with Crippen LogP contribution < -0.4 is 5.32 Å². The van der Waals surface area contributed by atoms with E-state index in [1.807, 2.05) is 6.92 Å². The molecule has 0 heterocycles. The molecule has 0 aliphatic carbocycles. The second-order valence-corrected chi connectivity index (χ2v) is 7.11. The number of sulfonamides is 1. The molecule has 7 heteroatoms. The Morgan fingerprint density at radius 2 is 1.81 bits per heavy atom. The third-order valence-corrected chi connectivity index (χ3v) is 5.16. The number of methoxy groups -OCH3 is 1. The summed E-state index contributed by atoms with van der Waals surface area (Å²) in [6.45, 7) is 4.16. The number of hydrogen-bond acceptors (Lipinski definition) is 5. The van der Waals surface area contributed by atoms with Gasteiger partial charge in [0, 0.05) is 14.1 Å². The summed E-state index contributed by atoms with van der Waals surface area (Å²) in [6, 6.07) is 6.22. The van der Waals surface area contributed by atoms with Gasteiger partial charge in [-0.15, -0.1) is 0 Å². The van der Waals surface area contributed by atoms with E-state index >= 15 is 0 Å². The number of rotatable bonds is 6. The van der Waals surface area contributed by atoms with E-state index in [0.29, 0.717) is 12.1 Å². The first-order valence-corrected chi connectivity index (χ1v) is 8.00. The Hall–Kier alpha value is -1.44. The van der Waals surface area contributed by atoms with Gasteiger partial charge in [0.2, 0.25) is 10.0 Å². The molecule has 1 aromatic carbocycles. The highest BCUT2D eigenvalue weighted by molar-refractivity contribution is 7.89. The van der Waals surface area contributed by atoms with Gasteiger partial charge in [-0.2, -0.15) is 0 Å². The third-order valence-electron chi connectivity index (χ3n) is 3.33. The predicted molar refractivity (Wildman–Crippen MR) is 80.4 cm³/mol. The van der Waals surface area contributed by atoms with Crippen molar-refractivity contribution in [3.8, 4) is 0 Å². The number of carbonyl (C=O) groups is 1. The standard InChI is InChI=1S/C14H22N2O4S/c1-6-15-14(2,13(17)20-5)11-7-9-12(10-8-11)21(18,19)16(3)4/h7-10,15H,6H2,1-5H3. The zero-order valence-electron chi connectivity index (χ0n) is 13.0. The van der Waals surface area contributed by atoms with E-state index in [2.05, 4.69) is 5.32 Å². The molecule has 21 heavy (non-hydrogen) atoms. The summed E-state index contributed by atoms with van der Waals surface area (Å²) in [7, 11) is 0.787. The van der Waals surface area contributed by atoms with Crippen molar-refractivity contribution >= 4 is 16.0 Å². The number of esters is 1. The third kappa shape index (κ3) is 3.42. The molecular weight excluding hydrogens is 292 g/mol. The Labute approximate surface area is 126 Å². The van der Waals surface area contributed by atoms with Gasteiger partial charge in [0.25, 0.3) is 0 Å². The van der Waals surface area contributed by atoms with Gasteiger partial charge in [0.05, 0.1) is 12.0 Å². The lowest BCUT2D eigenvalue weighted by Crippen LogP contribution is -2.47. The predicted octanol–water partition coefficient (Wildman–Crippen LogP) is 0.935. The van der Waals surface area contributed by atoms with E-state index in [9.17, 15) is 13.2 Å².